The summed E-state index contributed by atoms with van der Waals surface area (Å²) in [5, 5.41) is 13.5. The lowest BCUT2D eigenvalue weighted by molar-refractivity contribution is -0.157. The average Bonchev–Trinajstić information content (AvgIpc) is 2.77. The van der Waals surface area contributed by atoms with Gasteiger partial charge in [0.05, 0.1) is 0 Å². The maximum atomic E-state index is 12.8. The Labute approximate surface area is 215 Å². The number of nitrogens with one attached hydrogen (secondary N) is 1. The topological polar surface area (TPSA) is 101 Å². The number of carbonyl (C=O) groups is 2. The lowest BCUT2D eigenvalue weighted by Crippen LogP contribution is -2.56. The van der Waals surface area contributed by atoms with E-state index in [9.17, 15) is 14.7 Å². The van der Waals surface area contributed by atoms with Crippen molar-refractivity contribution in [1.29, 1.82) is 0 Å². The first-order valence-corrected chi connectivity index (χ1v) is 12.9. The van der Waals surface area contributed by atoms with Crippen LogP contribution in [0.5, 0.6) is 0 Å². The molecule has 0 unspecified atom stereocenters. The molecule has 0 radical (unpaired) electrons. The summed E-state index contributed by atoms with van der Waals surface area (Å²) in [5.74, 6) is -0.517. The van der Waals surface area contributed by atoms with Gasteiger partial charge in [0.2, 0.25) is 0 Å². The van der Waals surface area contributed by atoms with Gasteiger partial charge in [-0.1, -0.05) is 12.1 Å². The molecule has 1 amide bonds. The van der Waals surface area contributed by atoms with Crippen molar-refractivity contribution in [3.63, 3.8) is 0 Å². The minimum atomic E-state index is -0.890. The molecule has 9 heteroatoms. The first-order valence-electron chi connectivity index (χ1n) is 12.9. The zero-order valence-corrected chi connectivity index (χ0v) is 22.6. The number of anilines is 1. The summed E-state index contributed by atoms with van der Waals surface area (Å²) in [6.45, 7) is 14.5. The van der Waals surface area contributed by atoms with E-state index in [4.69, 9.17) is 14.2 Å². The van der Waals surface area contributed by atoms with Crippen LogP contribution in [-0.2, 0) is 25.4 Å². The van der Waals surface area contributed by atoms with Crippen LogP contribution in [0, 0.1) is 0 Å². The Balaban J connectivity index is 1.64. The minimum absolute atomic E-state index is 0.258. The quantitative estimate of drug-likeness (QED) is 0.569. The van der Waals surface area contributed by atoms with Crippen molar-refractivity contribution in [3.8, 4) is 0 Å². The van der Waals surface area contributed by atoms with E-state index in [0.29, 0.717) is 12.6 Å². The zero-order chi connectivity index (χ0) is 26.5. The number of piperazine rings is 1. The van der Waals surface area contributed by atoms with Gasteiger partial charge in [0, 0.05) is 51.0 Å². The lowest BCUT2D eigenvalue weighted by Gasteiger charge is -2.44. The number of ether oxygens (including phenoxy) is 3. The molecule has 1 aromatic carbocycles. The summed E-state index contributed by atoms with van der Waals surface area (Å²) in [7, 11) is 0. The summed E-state index contributed by atoms with van der Waals surface area (Å²) in [6, 6.07) is 7.31. The van der Waals surface area contributed by atoms with Crippen molar-refractivity contribution in [2.45, 2.75) is 90.3 Å². The SMILES string of the molecule is CC(C)(C)OC(=O)N[C@@H](Cc1ccc(N2CCN(C3CCOCC3)C[C@@H]2O)cc1)C(=O)OC(C)(C)C. The van der Waals surface area contributed by atoms with Gasteiger partial charge in [0.1, 0.15) is 23.5 Å². The molecule has 0 bridgehead atoms. The van der Waals surface area contributed by atoms with Crippen molar-refractivity contribution >= 4 is 17.7 Å². The largest absolute Gasteiger partial charge is 0.458 e. The van der Waals surface area contributed by atoms with Crippen LogP contribution in [0.15, 0.2) is 24.3 Å². The molecule has 1 aromatic rings. The molecular weight excluding hydrogens is 462 g/mol. The monoisotopic (exact) mass is 505 g/mol. The van der Waals surface area contributed by atoms with Crippen LogP contribution in [0.2, 0.25) is 0 Å². The van der Waals surface area contributed by atoms with E-state index in [0.717, 1.165) is 50.4 Å². The van der Waals surface area contributed by atoms with Gasteiger partial charge in [0.15, 0.2) is 0 Å². The highest BCUT2D eigenvalue weighted by Crippen LogP contribution is 2.24. The van der Waals surface area contributed by atoms with Crippen LogP contribution in [0.25, 0.3) is 0 Å². The highest BCUT2D eigenvalue weighted by molar-refractivity contribution is 5.82. The normalized spacial score (nSPS) is 21.1. The Morgan fingerprint density at radius 3 is 2.19 bits per heavy atom. The number of amides is 1. The Morgan fingerprint density at radius 1 is 1.03 bits per heavy atom. The predicted molar refractivity (Wildman–Crippen MR) is 138 cm³/mol. The molecule has 2 atom stereocenters. The number of hydrogen-bond donors (Lipinski definition) is 2. The number of rotatable bonds is 6. The van der Waals surface area contributed by atoms with Crippen molar-refractivity contribution in [3.05, 3.63) is 29.8 Å². The lowest BCUT2D eigenvalue weighted by atomic mass is 10.0. The Hall–Kier alpha value is -2.36. The number of esters is 1. The van der Waals surface area contributed by atoms with Gasteiger partial charge in [-0.25, -0.2) is 9.59 Å². The maximum absolute atomic E-state index is 12.8. The number of aliphatic hydroxyl groups is 1. The summed E-state index contributed by atoms with van der Waals surface area (Å²) < 4.78 is 16.3. The number of aliphatic hydroxyl groups excluding tert-OH is 1. The molecule has 3 rings (SSSR count). The fourth-order valence-corrected chi connectivity index (χ4v) is 4.54. The summed E-state index contributed by atoms with van der Waals surface area (Å²) >= 11 is 0. The molecular formula is C27H43N3O6. The van der Waals surface area contributed by atoms with Crippen LogP contribution < -0.4 is 10.2 Å². The van der Waals surface area contributed by atoms with E-state index in [1.54, 1.807) is 41.5 Å². The van der Waals surface area contributed by atoms with E-state index in [2.05, 4.69) is 10.2 Å². The second-order valence-corrected chi connectivity index (χ2v) is 11.6. The number of nitrogens with zero attached hydrogens (tertiary/aromatic N) is 2. The standard InChI is InChI=1S/C27H43N3O6/c1-26(2,3)35-24(32)22(28-25(33)36-27(4,5)6)17-19-7-9-21(10-8-19)30-14-13-29(18-23(30)31)20-11-15-34-16-12-20/h7-10,20,22-23,31H,11-18H2,1-6H3,(H,28,33)/t22-,23-/m0/s1. The van der Waals surface area contributed by atoms with Crippen LogP contribution in [-0.4, -0.2) is 84.4 Å². The van der Waals surface area contributed by atoms with Crippen molar-refractivity contribution in [2.24, 2.45) is 0 Å². The molecule has 2 aliphatic heterocycles. The number of hydrogen-bond acceptors (Lipinski definition) is 8. The minimum Gasteiger partial charge on any atom is -0.458 e. The molecule has 202 valence electrons. The first-order chi connectivity index (χ1) is 16.8. The smallest absolute Gasteiger partial charge is 0.408 e. The Bertz CT molecular complexity index is 871. The molecule has 9 nitrogen and oxygen atoms in total. The molecule has 36 heavy (non-hydrogen) atoms. The second kappa shape index (κ2) is 11.8. The van der Waals surface area contributed by atoms with Gasteiger partial charge < -0.3 is 29.5 Å². The highest BCUT2D eigenvalue weighted by atomic mass is 16.6. The van der Waals surface area contributed by atoms with E-state index >= 15 is 0 Å². The first kappa shape index (κ1) is 28.2. The molecule has 0 aliphatic carbocycles. The van der Waals surface area contributed by atoms with Crippen molar-refractivity contribution in [2.75, 3.05) is 37.7 Å². The molecule has 0 spiro atoms. The van der Waals surface area contributed by atoms with Crippen LogP contribution in [0.4, 0.5) is 10.5 Å². The zero-order valence-electron chi connectivity index (χ0n) is 22.6. The molecule has 2 N–H and O–H groups in total. The van der Waals surface area contributed by atoms with Gasteiger partial charge in [-0.05, 0) is 72.1 Å². The molecule has 0 saturated carbocycles. The number of alkyl carbamates (subject to hydrolysis) is 1. The van der Waals surface area contributed by atoms with E-state index in [1.165, 1.54) is 0 Å². The van der Waals surface area contributed by atoms with E-state index in [-0.39, 0.29) is 6.42 Å². The van der Waals surface area contributed by atoms with Crippen LogP contribution in [0.3, 0.4) is 0 Å². The molecule has 2 saturated heterocycles. The predicted octanol–water partition coefficient (Wildman–Crippen LogP) is 3.08. The third-order valence-electron chi connectivity index (χ3n) is 6.18. The van der Waals surface area contributed by atoms with E-state index < -0.39 is 35.5 Å². The highest BCUT2D eigenvalue weighted by Gasteiger charge is 2.31. The Kier molecular flexibility index (Phi) is 9.24. The number of benzene rings is 1. The number of carbonyl (C=O) groups excluding carboxylic acids is 2. The molecule has 2 aliphatic rings. The average molecular weight is 506 g/mol. The van der Waals surface area contributed by atoms with Crippen molar-refractivity contribution < 1.29 is 28.9 Å². The molecule has 2 fully saturated rings. The fourth-order valence-electron chi connectivity index (χ4n) is 4.54. The third kappa shape index (κ3) is 8.64. The van der Waals surface area contributed by atoms with Gasteiger partial charge in [0.25, 0.3) is 0 Å². The van der Waals surface area contributed by atoms with Gasteiger partial charge in [-0.3, -0.25) is 4.90 Å². The van der Waals surface area contributed by atoms with Gasteiger partial charge in [-0.2, -0.15) is 0 Å². The Morgan fingerprint density at radius 2 is 1.64 bits per heavy atom. The summed E-state index contributed by atoms with van der Waals surface area (Å²) in [5.41, 5.74) is 0.421. The number of β-amino-alcohol motifs (C(OH)–C–C–N with tert-alkyl or cyclic N) is 1. The van der Waals surface area contributed by atoms with Crippen LogP contribution in [0.1, 0.15) is 59.9 Å². The maximum Gasteiger partial charge on any atom is 0.408 e. The summed E-state index contributed by atoms with van der Waals surface area (Å²) in [6.07, 6.45) is 1.03. The van der Waals surface area contributed by atoms with Crippen molar-refractivity contribution in [1.82, 2.24) is 10.2 Å². The van der Waals surface area contributed by atoms with E-state index in [1.807, 2.05) is 29.2 Å². The third-order valence-corrected chi connectivity index (χ3v) is 6.18. The fraction of sp³-hybridized carbons (Fsp3) is 0.704. The van der Waals surface area contributed by atoms with Gasteiger partial charge >= 0.3 is 12.1 Å². The van der Waals surface area contributed by atoms with Crippen LogP contribution >= 0.6 is 0 Å². The molecule has 0 aromatic heterocycles. The second-order valence-electron chi connectivity index (χ2n) is 11.6. The summed E-state index contributed by atoms with van der Waals surface area (Å²) in [4.78, 5) is 29.6. The van der Waals surface area contributed by atoms with Gasteiger partial charge in [-0.15, -0.1) is 0 Å². The molecule has 2 heterocycles.